The molecular weight excluding hydrogens is 424 g/mol. The first kappa shape index (κ1) is 21.8. The second-order valence-electron chi connectivity index (χ2n) is 7.08. The van der Waals surface area contributed by atoms with E-state index in [9.17, 15) is 18.3 Å². The Morgan fingerprint density at radius 3 is 2.50 bits per heavy atom. The van der Waals surface area contributed by atoms with E-state index in [0.717, 1.165) is 21.9 Å². The Bertz CT molecular complexity index is 1240. The van der Waals surface area contributed by atoms with E-state index in [1.807, 2.05) is 24.3 Å². The van der Waals surface area contributed by atoms with Gasteiger partial charge in [-0.15, -0.1) is 0 Å². The molecule has 0 aliphatic carbocycles. The van der Waals surface area contributed by atoms with Crippen molar-refractivity contribution < 1.29 is 18.3 Å². The maximum atomic E-state index is 12.4. The van der Waals surface area contributed by atoms with Gasteiger partial charge in [-0.2, -0.15) is 5.10 Å². The van der Waals surface area contributed by atoms with Crippen LogP contribution in [0.4, 0.5) is 0 Å². The Kier molecular flexibility index (Phi) is 6.43. The summed E-state index contributed by atoms with van der Waals surface area (Å²) < 4.78 is 24.7. The molecule has 0 aliphatic heterocycles. The quantitative estimate of drug-likeness (QED) is 0.438. The fourth-order valence-electron chi connectivity index (χ4n) is 2.88. The van der Waals surface area contributed by atoms with Crippen molar-refractivity contribution in [3.8, 4) is 5.75 Å². The van der Waals surface area contributed by atoms with Crippen LogP contribution in [-0.4, -0.2) is 30.9 Å². The first-order chi connectivity index (χ1) is 14.2. The third-order valence-corrected chi connectivity index (χ3v) is 7.16. The lowest BCUT2D eigenvalue weighted by molar-refractivity contribution is 0.0955. The molecule has 0 fully saturated rings. The van der Waals surface area contributed by atoms with Crippen LogP contribution < -0.4 is 5.43 Å². The van der Waals surface area contributed by atoms with Gasteiger partial charge in [-0.1, -0.05) is 48.0 Å². The van der Waals surface area contributed by atoms with Crippen molar-refractivity contribution >= 4 is 44.3 Å². The largest absolute Gasteiger partial charge is 0.506 e. The molecule has 0 radical (unpaired) electrons. The summed E-state index contributed by atoms with van der Waals surface area (Å²) in [5.41, 5.74) is 4.14. The zero-order valence-corrected chi connectivity index (χ0v) is 18.0. The van der Waals surface area contributed by atoms with Crippen molar-refractivity contribution in [2.45, 2.75) is 24.9 Å². The number of benzene rings is 3. The molecule has 156 valence electrons. The first-order valence-electron chi connectivity index (χ1n) is 9.23. The van der Waals surface area contributed by atoms with Gasteiger partial charge in [-0.3, -0.25) is 4.79 Å². The molecule has 3 rings (SSSR count). The Labute approximate surface area is 180 Å². The molecule has 6 nitrogen and oxygen atoms in total. The molecule has 0 saturated heterocycles. The Hall–Kier alpha value is -2.90. The standard InChI is InChI=1S/C22H21ClN2O4S/c1-14(2)30(28,29)13-17-8-7-16(18-5-3-4-6-19(17)18)12-24-25-22(27)15-9-10-21(26)20(23)11-15/h3-12,14,26H,13H2,1-2H3,(H,25,27)/b24-12+. The molecule has 0 aliphatic rings. The first-order valence-corrected chi connectivity index (χ1v) is 11.3. The minimum absolute atomic E-state index is 0.0407. The third-order valence-electron chi connectivity index (χ3n) is 4.70. The van der Waals surface area contributed by atoms with Crippen LogP contribution in [0.2, 0.25) is 5.02 Å². The van der Waals surface area contributed by atoms with E-state index in [4.69, 9.17) is 11.6 Å². The fraction of sp³-hybridized carbons (Fsp3) is 0.182. The summed E-state index contributed by atoms with van der Waals surface area (Å²) in [7, 11) is -3.24. The molecule has 0 saturated carbocycles. The molecule has 0 heterocycles. The average molecular weight is 445 g/mol. The number of rotatable bonds is 6. The number of hydrogen-bond acceptors (Lipinski definition) is 5. The second kappa shape index (κ2) is 8.85. The van der Waals surface area contributed by atoms with Crippen molar-refractivity contribution in [2.75, 3.05) is 0 Å². The highest BCUT2D eigenvalue weighted by Crippen LogP contribution is 2.25. The summed E-state index contributed by atoms with van der Waals surface area (Å²) in [6.07, 6.45) is 1.50. The Morgan fingerprint density at radius 2 is 1.83 bits per heavy atom. The summed E-state index contributed by atoms with van der Waals surface area (Å²) in [5.74, 6) is -0.624. The number of carbonyl (C=O) groups is 1. The van der Waals surface area contributed by atoms with E-state index in [-0.39, 0.29) is 22.1 Å². The minimum atomic E-state index is -3.24. The monoisotopic (exact) mass is 444 g/mol. The van der Waals surface area contributed by atoms with E-state index in [2.05, 4.69) is 10.5 Å². The zero-order chi connectivity index (χ0) is 21.9. The summed E-state index contributed by atoms with van der Waals surface area (Å²) in [6, 6.07) is 15.1. The van der Waals surface area contributed by atoms with Gasteiger partial charge in [0.1, 0.15) is 5.75 Å². The predicted molar refractivity (Wildman–Crippen MR) is 120 cm³/mol. The lowest BCUT2D eigenvalue weighted by atomic mass is 10.0. The van der Waals surface area contributed by atoms with Crippen molar-refractivity contribution in [3.05, 3.63) is 76.3 Å². The molecule has 30 heavy (non-hydrogen) atoms. The molecule has 0 bridgehead atoms. The van der Waals surface area contributed by atoms with Gasteiger partial charge in [0.25, 0.3) is 5.91 Å². The summed E-state index contributed by atoms with van der Waals surface area (Å²) in [4.78, 5) is 12.2. The van der Waals surface area contributed by atoms with Gasteiger partial charge in [0.2, 0.25) is 0 Å². The zero-order valence-electron chi connectivity index (χ0n) is 16.5. The molecule has 8 heteroatoms. The minimum Gasteiger partial charge on any atom is -0.506 e. The van der Waals surface area contributed by atoms with Crippen molar-refractivity contribution in [3.63, 3.8) is 0 Å². The fourth-order valence-corrected chi connectivity index (χ4v) is 4.08. The molecule has 0 aromatic heterocycles. The topological polar surface area (TPSA) is 95.8 Å². The summed E-state index contributed by atoms with van der Waals surface area (Å²) >= 11 is 5.82. The van der Waals surface area contributed by atoms with Gasteiger partial charge in [-0.05, 0) is 48.4 Å². The molecular formula is C22H21ClN2O4S. The van der Waals surface area contributed by atoms with E-state index >= 15 is 0 Å². The van der Waals surface area contributed by atoms with Crippen LogP contribution in [0.3, 0.4) is 0 Å². The Balaban J connectivity index is 1.85. The van der Waals surface area contributed by atoms with E-state index in [1.165, 1.54) is 24.4 Å². The smallest absolute Gasteiger partial charge is 0.271 e. The highest BCUT2D eigenvalue weighted by molar-refractivity contribution is 7.91. The number of amides is 1. The van der Waals surface area contributed by atoms with Crippen LogP contribution in [0.25, 0.3) is 10.8 Å². The van der Waals surface area contributed by atoms with Gasteiger partial charge in [0, 0.05) is 11.1 Å². The van der Waals surface area contributed by atoms with Gasteiger partial charge < -0.3 is 5.11 Å². The number of nitrogens with zero attached hydrogens (tertiary/aromatic N) is 1. The number of phenolic OH excluding ortho intramolecular Hbond substituents is 1. The molecule has 3 aromatic rings. The number of hydrazone groups is 1. The number of hydrogen-bond donors (Lipinski definition) is 2. The van der Waals surface area contributed by atoms with E-state index in [1.54, 1.807) is 26.0 Å². The molecule has 0 spiro atoms. The van der Waals surface area contributed by atoms with Crippen molar-refractivity contribution in [1.82, 2.24) is 5.43 Å². The normalized spacial score (nSPS) is 12.0. The number of carbonyl (C=O) groups excluding carboxylic acids is 1. The van der Waals surface area contributed by atoms with Crippen LogP contribution >= 0.6 is 11.6 Å². The molecule has 3 aromatic carbocycles. The van der Waals surface area contributed by atoms with Crippen LogP contribution in [-0.2, 0) is 15.6 Å². The predicted octanol–water partition coefficient (Wildman–Crippen LogP) is 4.29. The van der Waals surface area contributed by atoms with Crippen molar-refractivity contribution in [2.24, 2.45) is 5.10 Å². The maximum absolute atomic E-state index is 12.4. The van der Waals surface area contributed by atoms with Gasteiger partial charge in [0.05, 0.1) is 22.2 Å². The van der Waals surface area contributed by atoms with E-state index in [0.29, 0.717) is 0 Å². The van der Waals surface area contributed by atoms with Gasteiger partial charge in [-0.25, -0.2) is 13.8 Å². The number of halogens is 1. The van der Waals surface area contributed by atoms with Crippen molar-refractivity contribution in [1.29, 1.82) is 0 Å². The van der Waals surface area contributed by atoms with Crippen LogP contribution in [0.15, 0.2) is 59.7 Å². The van der Waals surface area contributed by atoms with Gasteiger partial charge in [0.15, 0.2) is 9.84 Å². The number of fused-ring (bicyclic) bond motifs is 1. The number of sulfone groups is 1. The highest BCUT2D eigenvalue weighted by atomic mass is 35.5. The van der Waals surface area contributed by atoms with Crippen LogP contribution in [0, 0.1) is 0 Å². The third kappa shape index (κ3) is 4.80. The molecule has 1 amide bonds. The molecule has 2 N–H and O–H groups in total. The average Bonchev–Trinajstić information content (AvgIpc) is 2.71. The molecule has 0 atom stereocenters. The summed E-state index contributed by atoms with van der Waals surface area (Å²) in [6.45, 7) is 3.34. The lowest BCUT2D eigenvalue weighted by Gasteiger charge is -2.12. The van der Waals surface area contributed by atoms with Crippen LogP contribution in [0.5, 0.6) is 5.75 Å². The summed E-state index contributed by atoms with van der Waals surface area (Å²) in [5, 5.41) is 14.7. The van der Waals surface area contributed by atoms with E-state index < -0.39 is 21.0 Å². The number of nitrogens with one attached hydrogen (secondary N) is 1. The Morgan fingerprint density at radius 1 is 1.13 bits per heavy atom. The maximum Gasteiger partial charge on any atom is 0.271 e. The number of phenols is 1. The lowest BCUT2D eigenvalue weighted by Crippen LogP contribution is -2.17. The highest BCUT2D eigenvalue weighted by Gasteiger charge is 2.18. The SMILES string of the molecule is CC(C)S(=O)(=O)Cc1ccc(/C=N/NC(=O)c2ccc(O)c(Cl)c2)c2ccccc12. The van der Waals surface area contributed by atoms with Gasteiger partial charge >= 0.3 is 0 Å². The van der Waals surface area contributed by atoms with Crippen LogP contribution in [0.1, 0.15) is 35.3 Å². The molecule has 0 unspecified atom stereocenters. The number of aromatic hydroxyl groups is 1. The second-order valence-corrected chi connectivity index (χ2v) is 10.0.